The van der Waals surface area contributed by atoms with E-state index < -0.39 is 5.91 Å². The Bertz CT molecular complexity index is 286. The van der Waals surface area contributed by atoms with Crippen LogP contribution in [0.4, 0.5) is 0 Å². The van der Waals surface area contributed by atoms with Crippen molar-refractivity contribution in [1.82, 2.24) is 10.2 Å². The lowest BCUT2D eigenvalue weighted by Crippen LogP contribution is -2.29. The summed E-state index contributed by atoms with van der Waals surface area (Å²) in [6.07, 6.45) is 1.44. The molecule has 6 heteroatoms. The zero-order valence-electron chi connectivity index (χ0n) is 9.24. The molecule has 0 aliphatic rings. The quantitative estimate of drug-likeness (QED) is 0.378. The van der Waals surface area contributed by atoms with Crippen LogP contribution in [0, 0.1) is 11.3 Å². The fourth-order valence-corrected chi connectivity index (χ4v) is 1.11. The van der Waals surface area contributed by atoms with Crippen LogP contribution in [0.3, 0.4) is 0 Å². The molecule has 0 spiro atoms. The zero-order chi connectivity index (χ0) is 12.4. The highest BCUT2D eigenvalue weighted by Crippen LogP contribution is 1.97. The van der Waals surface area contributed by atoms with Crippen LogP contribution in [0.5, 0.6) is 0 Å². The van der Waals surface area contributed by atoms with E-state index in [-0.39, 0.29) is 12.2 Å². The summed E-state index contributed by atoms with van der Waals surface area (Å²) in [6.45, 7) is 3.19. The van der Waals surface area contributed by atoms with Crippen molar-refractivity contribution in [2.24, 2.45) is 0 Å². The summed E-state index contributed by atoms with van der Waals surface area (Å²) >= 11 is 5.42. The summed E-state index contributed by atoms with van der Waals surface area (Å²) < 4.78 is 0. The molecule has 90 valence electrons. The van der Waals surface area contributed by atoms with Gasteiger partial charge in [0, 0.05) is 31.7 Å². The van der Waals surface area contributed by atoms with Crippen LogP contribution in [0.2, 0.25) is 0 Å². The van der Waals surface area contributed by atoms with E-state index in [0.717, 1.165) is 0 Å². The Kier molecular flexibility index (Phi) is 8.31. The number of carbonyl (C=O) groups excluding carboxylic acids is 1. The second-order valence-corrected chi connectivity index (χ2v) is 3.33. The Balaban J connectivity index is 4.51. The van der Waals surface area contributed by atoms with E-state index in [1.54, 1.807) is 4.90 Å². The predicted octanol–water partition coefficient (Wildman–Crippen LogP) is 0.0631. The third-order valence-electron chi connectivity index (χ3n) is 1.85. The Morgan fingerprint density at radius 3 is 2.81 bits per heavy atom. The normalized spacial score (nSPS) is 10.8. The summed E-state index contributed by atoms with van der Waals surface area (Å²) in [4.78, 5) is 13.1. The van der Waals surface area contributed by atoms with Crippen molar-refractivity contribution in [2.75, 3.05) is 32.1 Å². The molecule has 0 radical (unpaired) electrons. The Labute approximate surface area is 100 Å². The Hall–Kier alpha value is -1.25. The number of carbonyl (C=O) groups is 1. The molecule has 0 aromatic carbocycles. The van der Waals surface area contributed by atoms with Gasteiger partial charge in [-0.2, -0.15) is 5.26 Å². The Morgan fingerprint density at radius 2 is 2.38 bits per heavy atom. The van der Waals surface area contributed by atoms with Crippen molar-refractivity contribution >= 4 is 17.5 Å². The van der Waals surface area contributed by atoms with Crippen molar-refractivity contribution < 1.29 is 9.90 Å². The zero-order valence-corrected chi connectivity index (χ0v) is 10.00. The van der Waals surface area contributed by atoms with E-state index in [0.29, 0.717) is 25.5 Å². The first-order valence-electron chi connectivity index (χ1n) is 5.00. The van der Waals surface area contributed by atoms with Gasteiger partial charge in [-0.05, 0) is 6.92 Å². The van der Waals surface area contributed by atoms with Crippen molar-refractivity contribution in [3.8, 4) is 6.07 Å². The molecule has 1 amide bonds. The number of alkyl halides is 1. The molecule has 16 heavy (non-hydrogen) atoms. The number of rotatable bonds is 7. The summed E-state index contributed by atoms with van der Waals surface area (Å²) in [5, 5.41) is 20.1. The lowest BCUT2D eigenvalue weighted by Gasteiger charge is -2.16. The molecule has 0 aliphatic heterocycles. The maximum atomic E-state index is 11.4. The summed E-state index contributed by atoms with van der Waals surface area (Å²) in [5.74, 6) is -0.141. The number of aliphatic hydroxyl groups is 1. The van der Waals surface area contributed by atoms with Crippen LogP contribution < -0.4 is 5.32 Å². The van der Waals surface area contributed by atoms with Gasteiger partial charge in [0.05, 0.1) is 6.61 Å². The van der Waals surface area contributed by atoms with E-state index in [1.165, 1.54) is 6.20 Å². The van der Waals surface area contributed by atoms with E-state index in [2.05, 4.69) is 5.32 Å². The number of amides is 1. The molecule has 0 unspecified atom stereocenters. The van der Waals surface area contributed by atoms with Crippen molar-refractivity contribution in [1.29, 1.82) is 5.26 Å². The SMILES string of the molecule is CCN(/C=C(/C#N)C(=O)NCCCl)CCO. The number of halogens is 1. The van der Waals surface area contributed by atoms with Gasteiger partial charge >= 0.3 is 0 Å². The molecule has 0 atom stereocenters. The number of hydrogen-bond donors (Lipinski definition) is 2. The highest BCUT2D eigenvalue weighted by atomic mass is 35.5. The van der Waals surface area contributed by atoms with Gasteiger partial charge in [0.1, 0.15) is 11.6 Å². The largest absolute Gasteiger partial charge is 0.395 e. The molecule has 0 rings (SSSR count). The van der Waals surface area contributed by atoms with E-state index in [9.17, 15) is 4.79 Å². The summed E-state index contributed by atoms with van der Waals surface area (Å²) in [5.41, 5.74) is 0.0143. The van der Waals surface area contributed by atoms with Crippen LogP contribution in [0.25, 0.3) is 0 Å². The van der Waals surface area contributed by atoms with Gasteiger partial charge in [-0.15, -0.1) is 11.6 Å². The topological polar surface area (TPSA) is 76.4 Å². The second-order valence-electron chi connectivity index (χ2n) is 2.95. The highest BCUT2D eigenvalue weighted by Gasteiger charge is 2.09. The lowest BCUT2D eigenvalue weighted by atomic mass is 10.3. The van der Waals surface area contributed by atoms with Gasteiger partial charge in [0.2, 0.25) is 0 Å². The third-order valence-corrected chi connectivity index (χ3v) is 2.04. The highest BCUT2D eigenvalue weighted by molar-refractivity contribution is 6.18. The smallest absolute Gasteiger partial charge is 0.263 e. The van der Waals surface area contributed by atoms with Gasteiger partial charge in [0.15, 0.2) is 0 Å². The number of likely N-dealkylation sites (N-methyl/N-ethyl adjacent to an activating group) is 1. The van der Waals surface area contributed by atoms with E-state index in [4.69, 9.17) is 22.0 Å². The van der Waals surface area contributed by atoms with Gasteiger partial charge in [-0.25, -0.2) is 0 Å². The third kappa shape index (κ3) is 5.59. The molecular weight excluding hydrogens is 230 g/mol. The predicted molar refractivity (Wildman–Crippen MR) is 61.8 cm³/mol. The number of hydrogen-bond acceptors (Lipinski definition) is 4. The first-order chi connectivity index (χ1) is 7.69. The maximum Gasteiger partial charge on any atom is 0.263 e. The van der Waals surface area contributed by atoms with Gasteiger partial charge in [0.25, 0.3) is 5.91 Å². The summed E-state index contributed by atoms with van der Waals surface area (Å²) in [6, 6.07) is 1.82. The summed E-state index contributed by atoms with van der Waals surface area (Å²) in [7, 11) is 0. The number of nitrogens with one attached hydrogen (secondary N) is 1. The molecule has 0 fully saturated rings. The minimum absolute atomic E-state index is 0.0143. The molecule has 0 aromatic rings. The van der Waals surface area contributed by atoms with Gasteiger partial charge < -0.3 is 15.3 Å². The molecule has 0 saturated carbocycles. The standard InChI is InChI=1S/C10H16ClN3O2/c1-2-14(5-6-15)8-9(7-12)10(16)13-4-3-11/h8,15H,2-6H2,1H3,(H,13,16)/b9-8-. The molecule has 2 N–H and O–H groups in total. The van der Waals surface area contributed by atoms with E-state index >= 15 is 0 Å². The minimum atomic E-state index is -0.445. The molecule has 0 heterocycles. The van der Waals surface area contributed by atoms with Crippen molar-refractivity contribution in [2.45, 2.75) is 6.92 Å². The van der Waals surface area contributed by atoms with Crippen LogP contribution in [0.1, 0.15) is 6.92 Å². The number of nitriles is 1. The fraction of sp³-hybridized carbons (Fsp3) is 0.600. The number of aliphatic hydroxyl groups excluding tert-OH is 1. The second kappa shape index (κ2) is 9.01. The average molecular weight is 246 g/mol. The van der Waals surface area contributed by atoms with Gasteiger partial charge in [-0.3, -0.25) is 4.79 Å². The van der Waals surface area contributed by atoms with Crippen LogP contribution >= 0.6 is 11.6 Å². The maximum absolute atomic E-state index is 11.4. The van der Waals surface area contributed by atoms with Crippen molar-refractivity contribution in [3.05, 3.63) is 11.8 Å². The number of nitrogens with zero attached hydrogens (tertiary/aromatic N) is 2. The van der Waals surface area contributed by atoms with Crippen molar-refractivity contribution in [3.63, 3.8) is 0 Å². The molecular formula is C10H16ClN3O2. The fourth-order valence-electron chi connectivity index (χ4n) is 1.02. The van der Waals surface area contributed by atoms with Crippen LogP contribution in [0.15, 0.2) is 11.8 Å². The first-order valence-corrected chi connectivity index (χ1v) is 5.54. The van der Waals surface area contributed by atoms with Crippen LogP contribution in [-0.2, 0) is 4.79 Å². The molecule has 5 nitrogen and oxygen atoms in total. The monoisotopic (exact) mass is 245 g/mol. The first kappa shape index (κ1) is 14.8. The lowest BCUT2D eigenvalue weighted by molar-refractivity contribution is -0.117. The minimum Gasteiger partial charge on any atom is -0.395 e. The molecule has 0 bridgehead atoms. The van der Waals surface area contributed by atoms with Crippen LogP contribution in [-0.4, -0.2) is 48.0 Å². The Morgan fingerprint density at radius 1 is 1.69 bits per heavy atom. The average Bonchev–Trinajstić information content (AvgIpc) is 2.31. The molecule has 0 aromatic heterocycles. The molecule has 0 saturated heterocycles. The van der Waals surface area contributed by atoms with Gasteiger partial charge in [-0.1, -0.05) is 0 Å². The van der Waals surface area contributed by atoms with E-state index in [1.807, 2.05) is 13.0 Å². The molecule has 0 aliphatic carbocycles.